The van der Waals surface area contributed by atoms with Gasteiger partial charge in [-0.05, 0) is 25.5 Å². The molecule has 0 aliphatic carbocycles. The van der Waals surface area contributed by atoms with Crippen molar-refractivity contribution in [2.24, 2.45) is 0 Å². The van der Waals surface area contributed by atoms with E-state index in [-0.39, 0.29) is 0 Å². The van der Waals surface area contributed by atoms with Gasteiger partial charge >= 0.3 is 0 Å². The third kappa shape index (κ3) is 2.33. The third-order valence-corrected chi connectivity index (χ3v) is 4.13. The van der Waals surface area contributed by atoms with Crippen LogP contribution in [0.3, 0.4) is 0 Å². The number of nitrogens with zero attached hydrogens (tertiary/aromatic N) is 5. The molecule has 114 valence electrons. The van der Waals surface area contributed by atoms with Gasteiger partial charge in [0.05, 0.1) is 16.7 Å². The number of hydrogen-bond acceptors (Lipinski definition) is 4. The van der Waals surface area contributed by atoms with E-state index in [1.165, 1.54) is 4.52 Å². The lowest BCUT2D eigenvalue weighted by Crippen LogP contribution is -1.97. The quantitative estimate of drug-likeness (QED) is 0.484. The lowest BCUT2D eigenvalue weighted by Gasteiger charge is -2.05. The molecule has 0 bridgehead atoms. The van der Waals surface area contributed by atoms with Crippen LogP contribution in [-0.4, -0.2) is 24.6 Å². The number of aryl methyl sites for hydroxylation is 2. The van der Waals surface area contributed by atoms with E-state index in [0.29, 0.717) is 27.3 Å². The van der Waals surface area contributed by atoms with Gasteiger partial charge in [-0.3, -0.25) is 0 Å². The van der Waals surface area contributed by atoms with Crippen LogP contribution in [0.15, 0.2) is 30.3 Å². The van der Waals surface area contributed by atoms with Crippen LogP contribution < -0.4 is 0 Å². The van der Waals surface area contributed by atoms with Crippen molar-refractivity contribution in [1.29, 1.82) is 0 Å². The van der Waals surface area contributed by atoms with Gasteiger partial charge in [0, 0.05) is 12.1 Å². The lowest BCUT2D eigenvalue weighted by molar-refractivity contribution is 0.939. The molecule has 0 saturated heterocycles. The third-order valence-electron chi connectivity index (χ3n) is 3.67. The maximum Gasteiger partial charge on any atom is 0.159 e. The molecule has 0 atom stereocenters. The normalized spacial score (nSPS) is 11.5. The molecule has 1 aromatic carbocycles. The first kappa shape index (κ1) is 14.4. The van der Waals surface area contributed by atoms with Crippen molar-refractivity contribution in [1.82, 2.24) is 24.6 Å². The van der Waals surface area contributed by atoms with E-state index in [0.717, 1.165) is 22.3 Å². The fraction of sp³-hybridized carbons (Fsp3) is 0.125. The summed E-state index contributed by atoms with van der Waals surface area (Å²) in [5.74, 6) is 0. The van der Waals surface area contributed by atoms with Crippen molar-refractivity contribution in [3.63, 3.8) is 0 Å². The van der Waals surface area contributed by atoms with Crippen LogP contribution in [-0.2, 0) is 0 Å². The summed E-state index contributed by atoms with van der Waals surface area (Å²) in [4.78, 5) is 13.6. The summed E-state index contributed by atoms with van der Waals surface area (Å²) in [5, 5.41) is 5.20. The molecule has 0 spiro atoms. The molecule has 0 fully saturated rings. The topological polar surface area (TPSA) is 56.0 Å². The molecule has 0 aliphatic rings. The van der Waals surface area contributed by atoms with Crippen molar-refractivity contribution in [2.45, 2.75) is 13.8 Å². The molecule has 0 N–H and O–H groups in total. The molecule has 0 amide bonds. The molecule has 0 aliphatic heterocycles. The largest absolute Gasteiger partial charge is 0.249 e. The van der Waals surface area contributed by atoms with Gasteiger partial charge < -0.3 is 0 Å². The summed E-state index contributed by atoms with van der Waals surface area (Å²) in [6, 6.07) is 9.28. The van der Waals surface area contributed by atoms with Gasteiger partial charge in [0.15, 0.2) is 5.65 Å². The van der Waals surface area contributed by atoms with E-state index in [2.05, 4.69) is 15.1 Å². The molecule has 3 aromatic heterocycles. The molecule has 0 radical (unpaired) electrons. The Morgan fingerprint density at radius 1 is 1.00 bits per heavy atom. The minimum atomic E-state index is 0.325. The van der Waals surface area contributed by atoms with Crippen LogP contribution in [0.5, 0.6) is 0 Å². The highest BCUT2D eigenvalue weighted by Gasteiger charge is 2.14. The number of rotatable bonds is 1. The molecule has 0 saturated carbocycles. The van der Waals surface area contributed by atoms with E-state index >= 15 is 0 Å². The number of hydrogen-bond donors (Lipinski definition) is 0. The van der Waals surface area contributed by atoms with Crippen LogP contribution >= 0.6 is 23.2 Å². The maximum atomic E-state index is 6.16. The average Bonchev–Trinajstić information content (AvgIpc) is 2.91. The van der Waals surface area contributed by atoms with Crippen LogP contribution in [0.25, 0.3) is 28.1 Å². The summed E-state index contributed by atoms with van der Waals surface area (Å²) in [6.07, 6.45) is 0. The number of fused-ring (bicyclic) bond motifs is 2. The zero-order valence-electron chi connectivity index (χ0n) is 12.4. The van der Waals surface area contributed by atoms with E-state index in [4.69, 9.17) is 28.2 Å². The highest BCUT2D eigenvalue weighted by Crippen LogP contribution is 2.26. The molecule has 4 rings (SSSR count). The molecule has 0 unspecified atom stereocenters. The molecular weight excluding hydrogens is 333 g/mol. The highest BCUT2D eigenvalue weighted by atomic mass is 35.5. The predicted octanol–water partition coefficient (Wildman–Crippen LogP) is 4.26. The molecule has 5 nitrogen and oxygen atoms in total. The Morgan fingerprint density at radius 2 is 1.83 bits per heavy atom. The Balaban J connectivity index is 1.98. The SMILES string of the molecule is Cc1nc2c(C)cccc2nc1-c1cc2nc(Cl)cc(Cl)n2n1. The average molecular weight is 344 g/mol. The predicted molar refractivity (Wildman–Crippen MR) is 91.0 cm³/mol. The molecule has 7 heteroatoms. The summed E-state index contributed by atoms with van der Waals surface area (Å²) >= 11 is 12.1. The zero-order chi connectivity index (χ0) is 16.1. The highest BCUT2D eigenvalue weighted by molar-refractivity contribution is 6.33. The van der Waals surface area contributed by atoms with Gasteiger partial charge in [0.1, 0.15) is 21.7 Å². The van der Waals surface area contributed by atoms with Crippen molar-refractivity contribution < 1.29 is 0 Å². The zero-order valence-corrected chi connectivity index (χ0v) is 13.9. The van der Waals surface area contributed by atoms with Gasteiger partial charge in [0.2, 0.25) is 0 Å². The maximum absolute atomic E-state index is 6.16. The fourth-order valence-corrected chi connectivity index (χ4v) is 3.04. The number of para-hydroxylation sites is 1. The Hall–Kier alpha value is -2.24. The second kappa shape index (κ2) is 5.15. The van der Waals surface area contributed by atoms with E-state index < -0.39 is 0 Å². The summed E-state index contributed by atoms with van der Waals surface area (Å²) in [5.41, 5.74) is 5.57. The van der Waals surface area contributed by atoms with Crippen molar-refractivity contribution in [3.8, 4) is 11.4 Å². The summed E-state index contributed by atoms with van der Waals surface area (Å²) < 4.78 is 1.53. The fourth-order valence-electron chi connectivity index (χ4n) is 2.57. The van der Waals surface area contributed by atoms with Crippen molar-refractivity contribution in [2.75, 3.05) is 0 Å². The van der Waals surface area contributed by atoms with Gasteiger partial charge in [-0.1, -0.05) is 35.3 Å². The Kier molecular flexibility index (Phi) is 3.21. The molecule has 23 heavy (non-hydrogen) atoms. The van der Waals surface area contributed by atoms with E-state index in [1.54, 1.807) is 12.1 Å². The van der Waals surface area contributed by atoms with Crippen molar-refractivity contribution in [3.05, 3.63) is 51.9 Å². The standard InChI is InChI=1S/C16H11Cl2N5/c1-8-4-3-5-10-15(8)19-9(2)16(20-10)11-6-14-21-12(17)7-13(18)23(14)22-11/h3-7H,1-2H3. The molecular formula is C16H11Cl2N5. The molecule has 4 aromatic rings. The van der Waals surface area contributed by atoms with E-state index in [1.807, 2.05) is 32.0 Å². The van der Waals surface area contributed by atoms with Crippen LogP contribution in [0.4, 0.5) is 0 Å². The number of aromatic nitrogens is 5. The van der Waals surface area contributed by atoms with Gasteiger partial charge in [-0.25, -0.2) is 19.5 Å². The van der Waals surface area contributed by atoms with Gasteiger partial charge in [-0.15, -0.1) is 0 Å². The Bertz CT molecular complexity index is 1070. The van der Waals surface area contributed by atoms with Gasteiger partial charge in [-0.2, -0.15) is 5.10 Å². The summed E-state index contributed by atoms with van der Waals surface area (Å²) in [7, 11) is 0. The first-order chi connectivity index (χ1) is 11.0. The monoisotopic (exact) mass is 343 g/mol. The van der Waals surface area contributed by atoms with E-state index in [9.17, 15) is 0 Å². The second-order valence-electron chi connectivity index (χ2n) is 5.30. The molecule has 3 heterocycles. The lowest BCUT2D eigenvalue weighted by atomic mass is 10.1. The first-order valence-corrected chi connectivity index (χ1v) is 7.75. The first-order valence-electron chi connectivity index (χ1n) is 6.99. The minimum Gasteiger partial charge on any atom is -0.249 e. The van der Waals surface area contributed by atoms with Gasteiger partial charge in [0.25, 0.3) is 0 Å². The summed E-state index contributed by atoms with van der Waals surface area (Å²) in [6.45, 7) is 3.94. The Labute approximate surface area is 141 Å². The number of benzene rings is 1. The minimum absolute atomic E-state index is 0.325. The van der Waals surface area contributed by atoms with Crippen LogP contribution in [0.1, 0.15) is 11.3 Å². The second-order valence-corrected chi connectivity index (χ2v) is 6.08. The van der Waals surface area contributed by atoms with Crippen LogP contribution in [0.2, 0.25) is 10.3 Å². The smallest absolute Gasteiger partial charge is 0.159 e. The number of halogens is 2. The van der Waals surface area contributed by atoms with Crippen LogP contribution in [0, 0.1) is 13.8 Å². The van der Waals surface area contributed by atoms with Crippen molar-refractivity contribution >= 4 is 39.9 Å². The Morgan fingerprint density at radius 3 is 2.65 bits per heavy atom.